The van der Waals surface area contributed by atoms with Gasteiger partial charge in [0, 0.05) is 26.7 Å². The average Bonchev–Trinajstić information content (AvgIpc) is 2.98. The number of nitrogens with one attached hydrogen (secondary N) is 2. The summed E-state index contributed by atoms with van der Waals surface area (Å²) in [6.07, 6.45) is -3.04. The molecule has 0 radical (unpaired) electrons. The third-order valence-corrected chi connectivity index (χ3v) is 7.86. The monoisotopic (exact) mass is 602 g/mol. The lowest BCUT2D eigenvalue weighted by Crippen LogP contribution is -2.27. The van der Waals surface area contributed by atoms with Crippen LogP contribution >= 0.6 is 11.8 Å². The molecule has 0 spiro atoms. The zero-order valence-corrected chi connectivity index (χ0v) is 24.4. The van der Waals surface area contributed by atoms with Gasteiger partial charge in [-0.1, -0.05) is 37.7 Å². The molecule has 2 heterocycles. The van der Waals surface area contributed by atoms with E-state index in [-0.39, 0.29) is 5.92 Å². The fourth-order valence-corrected chi connectivity index (χ4v) is 5.26. The van der Waals surface area contributed by atoms with Gasteiger partial charge >= 0.3 is 6.18 Å². The molecule has 0 aliphatic heterocycles. The molecule has 5 rings (SSSR count). The number of nitrogen functional groups attached to an aromatic ring is 1. The van der Waals surface area contributed by atoms with Crippen LogP contribution in [-0.2, 0) is 6.18 Å². The maximum absolute atomic E-state index is 13.3. The van der Waals surface area contributed by atoms with Crippen LogP contribution < -0.4 is 16.4 Å². The molecule has 1 atom stereocenters. The van der Waals surface area contributed by atoms with Crippen molar-refractivity contribution < 1.29 is 18.0 Å². The molecule has 0 saturated heterocycles. The Morgan fingerprint density at radius 1 is 0.930 bits per heavy atom. The van der Waals surface area contributed by atoms with E-state index in [2.05, 4.69) is 39.4 Å². The van der Waals surface area contributed by atoms with E-state index in [1.54, 1.807) is 25.1 Å². The number of hydrogen-bond acceptors (Lipinski definition) is 7. The Labute approximate surface area is 251 Å². The summed E-state index contributed by atoms with van der Waals surface area (Å²) >= 11 is 1.47. The Balaban J connectivity index is 1.47. The lowest BCUT2D eigenvalue weighted by molar-refractivity contribution is -0.137. The molecular weight excluding hydrogens is 573 g/mol. The molecule has 11 heteroatoms. The van der Waals surface area contributed by atoms with E-state index >= 15 is 0 Å². The second-order valence-corrected chi connectivity index (χ2v) is 11.4. The van der Waals surface area contributed by atoms with E-state index in [9.17, 15) is 18.0 Å². The van der Waals surface area contributed by atoms with Crippen LogP contribution in [0.5, 0.6) is 0 Å². The van der Waals surface area contributed by atoms with Crippen LogP contribution in [0.2, 0.25) is 0 Å². The minimum Gasteiger partial charge on any atom is -0.399 e. The van der Waals surface area contributed by atoms with Gasteiger partial charge in [0.15, 0.2) is 5.65 Å². The number of benzene rings is 3. The molecule has 2 aromatic heterocycles. The maximum atomic E-state index is 13.3. The number of amides is 1. The molecule has 220 valence electrons. The molecule has 7 nitrogen and oxygen atoms in total. The average molecular weight is 603 g/mol. The van der Waals surface area contributed by atoms with E-state index in [1.165, 1.54) is 24.2 Å². The number of anilines is 3. The number of aromatic nitrogens is 3. The summed E-state index contributed by atoms with van der Waals surface area (Å²) in [4.78, 5) is 28.5. The number of halogens is 3. The first kappa shape index (κ1) is 29.8. The number of nitrogens with two attached hydrogens (primary N) is 1. The quantitative estimate of drug-likeness (QED) is 0.154. The topological polar surface area (TPSA) is 106 Å². The number of carbonyl (C=O) groups is 1. The van der Waals surface area contributed by atoms with Crippen LogP contribution in [0, 0.1) is 0 Å². The minimum absolute atomic E-state index is 0.229. The zero-order chi connectivity index (χ0) is 30.7. The maximum Gasteiger partial charge on any atom is 0.416 e. The van der Waals surface area contributed by atoms with Crippen LogP contribution in [-0.4, -0.2) is 20.9 Å². The van der Waals surface area contributed by atoms with Crippen molar-refractivity contribution in [3.05, 3.63) is 108 Å². The lowest BCUT2D eigenvalue weighted by Gasteiger charge is -2.18. The summed E-state index contributed by atoms with van der Waals surface area (Å²) in [6, 6.07) is 20.7. The third kappa shape index (κ3) is 7.06. The normalized spacial score (nSPS) is 12.3. The van der Waals surface area contributed by atoms with Gasteiger partial charge in [0.25, 0.3) is 5.91 Å². The van der Waals surface area contributed by atoms with Gasteiger partial charge in [0.2, 0.25) is 0 Å². The van der Waals surface area contributed by atoms with Crippen molar-refractivity contribution in [2.24, 2.45) is 0 Å². The molecule has 43 heavy (non-hydrogen) atoms. The van der Waals surface area contributed by atoms with Gasteiger partial charge in [-0.15, -0.1) is 0 Å². The van der Waals surface area contributed by atoms with Crippen LogP contribution in [0.3, 0.4) is 0 Å². The second kappa shape index (κ2) is 12.3. The van der Waals surface area contributed by atoms with Gasteiger partial charge in [0.05, 0.1) is 22.7 Å². The predicted molar refractivity (Wildman–Crippen MR) is 163 cm³/mol. The lowest BCUT2D eigenvalue weighted by atomic mass is 10.0. The van der Waals surface area contributed by atoms with Gasteiger partial charge in [-0.25, -0.2) is 15.0 Å². The van der Waals surface area contributed by atoms with E-state index in [4.69, 9.17) is 5.73 Å². The Kier molecular flexibility index (Phi) is 8.54. The zero-order valence-electron chi connectivity index (χ0n) is 23.6. The fourth-order valence-electron chi connectivity index (χ4n) is 4.37. The molecule has 0 bridgehead atoms. The number of nitrogens with zero attached hydrogens (tertiary/aromatic N) is 3. The van der Waals surface area contributed by atoms with E-state index < -0.39 is 23.7 Å². The van der Waals surface area contributed by atoms with Gasteiger partial charge in [-0.05, 0) is 85.1 Å². The first-order valence-corrected chi connectivity index (χ1v) is 14.3. The first-order valence-electron chi connectivity index (χ1n) is 13.5. The highest BCUT2D eigenvalue weighted by Gasteiger charge is 2.30. The van der Waals surface area contributed by atoms with Crippen molar-refractivity contribution in [3.8, 4) is 0 Å². The summed E-state index contributed by atoms with van der Waals surface area (Å²) in [5.74, 6) is 0.307. The minimum atomic E-state index is -4.48. The van der Waals surface area contributed by atoms with Gasteiger partial charge in [-0.3, -0.25) is 4.79 Å². The van der Waals surface area contributed by atoms with Crippen molar-refractivity contribution >= 4 is 45.9 Å². The number of rotatable bonds is 8. The Morgan fingerprint density at radius 2 is 1.70 bits per heavy atom. The summed E-state index contributed by atoms with van der Waals surface area (Å²) in [5, 5.41) is 6.88. The molecule has 0 saturated carbocycles. The van der Waals surface area contributed by atoms with Crippen molar-refractivity contribution in [3.63, 3.8) is 0 Å². The van der Waals surface area contributed by atoms with Crippen molar-refractivity contribution in [1.29, 1.82) is 0 Å². The predicted octanol–water partition coefficient (Wildman–Crippen LogP) is 8.14. The molecule has 1 unspecified atom stereocenters. The Bertz CT molecular complexity index is 1780. The first-order chi connectivity index (χ1) is 20.5. The van der Waals surface area contributed by atoms with Crippen molar-refractivity contribution in [2.75, 3.05) is 11.1 Å². The number of pyridine rings is 1. The van der Waals surface area contributed by atoms with Gasteiger partial charge in [0.1, 0.15) is 12.1 Å². The van der Waals surface area contributed by atoms with Gasteiger partial charge in [-0.2, -0.15) is 13.2 Å². The summed E-state index contributed by atoms with van der Waals surface area (Å²) in [5.41, 5.74) is 8.45. The molecule has 4 N–H and O–H groups in total. The van der Waals surface area contributed by atoms with E-state index in [0.717, 1.165) is 27.6 Å². The third-order valence-electron chi connectivity index (χ3n) is 6.77. The molecule has 0 fully saturated rings. The molecule has 0 aliphatic carbocycles. The van der Waals surface area contributed by atoms with Crippen LogP contribution in [0.25, 0.3) is 11.0 Å². The largest absolute Gasteiger partial charge is 0.416 e. The van der Waals surface area contributed by atoms with Crippen molar-refractivity contribution in [1.82, 2.24) is 20.3 Å². The fraction of sp³-hybridized carbons (Fsp3) is 0.188. The van der Waals surface area contributed by atoms with Crippen molar-refractivity contribution in [2.45, 2.75) is 48.7 Å². The van der Waals surface area contributed by atoms with E-state index in [0.29, 0.717) is 39.4 Å². The summed E-state index contributed by atoms with van der Waals surface area (Å²) in [6.45, 7) is 5.75. The van der Waals surface area contributed by atoms with Crippen LogP contribution in [0.1, 0.15) is 59.9 Å². The number of alkyl halides is 3. The summed E-state index contributed by atoms with van der Waals surface area (Å²) in [7, 11) is 0. The van der Waals surface area contributed by atoms with E-state index in [1.807, 2.05) is 42.5 Å². The number of fused-ring (bicyclic) bond motifs is 1. The number of carbonyl (C=O) groups excluding carboxylic acids is 1. The van der Waals surface area contributed by atoms with Gasteiger partial charge < -0.3 is 16.4 Å². The molecule has 1 amide bonds. The highest BCUT2D eigenvalue weighted by Crippen LogP contribution is 2.37. The SMILES string of the molecule is CC(C)c1ccc2c(Nc3cc(C(=O)NC(C)c4cccc(C(F)(F)F)c4)ccc3Sc3ccc(N)cc3)ncnc2n1. The standard InChI is InChI=1S/C32H29F3N6OS/c1-18(2)26-13-12-25-29(40-26)37-17-38-30(25)41-27-16-21(7-14-28(27)43-24-10-8-23(36)9-11-24)31(42)39-19(3)20-5-4-6-22(15-20)32(33,34)35/h4-19H,36H2,1-3H3,(H,39,42)(H,37,38,40,41). The summed E-state index contributed by atoms with van der Waals surface area (Å²) < 4.78 is 39.7. The highest BCUT2D eigenvalue weighted by molar-refractivity contribution is 7.99. The van der Waals surface area contributed by atoms with Crippen LogP contribution in [0.4, 0.5) is 30.4 Å². The molecular formula is C32H29F3N6OS. The molecule has 5 aromatic rings. The molecule has 0 aliphatic rings. The van der Waals surface area contributed by atoms with Crippen LogP contribution in [0.15, 0.2) is 95.0 Å². The Hall–Kier alpha value is -4.64. The highest BCUT2D eigenvalue weighted by atomic mass is 32.2. The number of hydrogen-bond donors (Lipinski definition) is 3. The molecule has 3 aromatic carbocycles. The smallest absolute Gasteiger partial charge is 0.399 e. The Morgan fingerprint density at radius 3 is 2.42 bits per heavy atom. The second-order valence-electron chi connectivity index (χ2n) is 10.3.